The highest BCUT2D eigenvalue weighted by molar-refractivity contribution is 8.93. The van der Waals surface area contributed by atoms with Crippen LogP contribution in [-0.2, 0) is 6.54 Å². The molecule has 0 atom stereocenters. The van der Waals surface area contributed by atoms with E-state index in [-0.39, 0.29) is 22.8 Å². The Morgan fingerprint density at radius 3 is 2.56 bits per heavy atom. The van der Waals surface area contributed by atoms with Crippen LogP contribution in [0.25, 0.3) is 11.0 Å². The van der Waals surface area contributed by atoms with Crippen molar-refractivity contribution in [1.29, 1.82) is 0 Å². The summed E-state index contributed by atoms with van der Waals surface area (Å²) in [6, 6.07) is 15.9. The summed E-state index contributed by atoms with van der Waals surface area (Å²) in [4.78, 5) is 17.1. The minimum atomic E-state index is 0. The van der Waals surface area contributed by atoms with Crippen molar-refractivity contribution in [3.63, 3.8) is 0 Å². The van der Waals surface area contributed by atoms with Gasteiger partial charge in [0.05, 0.1) is 16.8 Å². The first-order valence-electron chi connectivity index (χ1n) is 8.37. The predicted molar refractivity (Wildman–Crippen MR) is 111 cm³/mol. The molecule has 0 bridgehead atoms. The van der Waals surface area contributed by atoms with Crippen molar-refractivity contribution in [3.8, 4) is 0 Å². The molecule has 1 aromatic heterocycles. The number of carbonyl (C=O) groups is 1. The van der Waals surface area contributed by atoms with Gasteiger partial charge in [-0.2, -0.15) is 0 Å². The number of Topliss-reactive ketones (excluding diaryl/α,β-unsaturated/α-hetero) is 1. The Hall–Kier alpha value is -1.59. The summed E-state index contributed by atoms with van der Waals surface area (Å²) in [5.74, 6) is 0.562. The normalized spacial score (nSPS) is 10.6. The number of thioether (sulfide) groups is 1. The van der Waals surface area contributed by atoms with Crippen molar-refractivity contribution in [2.24, 2.45) is 0 Å². The number of halogens is 1. The second-order valence-corrected chi connectivity index (χ2v) is 6.91. The number of imidazole rings is 1. The first-order chi connectivity index (χ1) is 11.7. The van der Waals surface area contributed by atoms with Crippen LogP contribution in [0.1, 0.15) is 35.7 Å². The van der Waals surface area contributed by atoms with E-state index in [0.717, 1.165) is 41.1 Å². The molecule has 3 aromatic rings. The van der Waals surface area contributed by atoms with Gasteiger partial charge in [0.1, 0.15) is 0 Å². The predicted octanol–water partition coefficient (Wildman–Crippen LogP) is 5.70. The van der Waals surface area contributed by atoms with E-state index in [0.29, 0.717) is 5.75 Å². The van der Waals surface area contributed by atoms with Gasteiger partial charge in [0, 0.05) is 12.1 Å². The van der Waals surface area contributed by atoms with Crippen molar-refractivity contribution in [1.82, 2.24) is 9.55 Å². The van der Waals surface area contributed by atoms with Crippen molar-refractivity contribution < 1.29 is 4.79 Å². The number of rotatable bonds is 7. The highest BCUT2D eigenvalue weighted by Crippen LogP contribution is 2.25. The van der Waals surface area contributed by atoms with Gasteiger partial charge in [-0.05, 0) is 25.5 Å². The van der Waals surface area contributed by atoms with Gasteiger partial charge in [-0.15, -0.1) is 17.0 Å². The number of benzene rings is 2. The van der Waals surface area contributed by atoms with E-state index in [1.165, 1.54) is 17.3 Å². The van der Waals surface area contributed by atoms with Crippen LogP contribution in [0.5, 0.6) is 0 Å². The molecule has 0 aliphatic rings. The smallest absolute Gasteiger partial charge is 0.173 e. The SMILES string of the molecule is Br.CCCCn1c(SCC(=O)c2ccc(C)cc2)nc2ccccc21. The van der Waals surface area contributed by atoms with Crippen LogP contribution in [0.15, 0.2) is 53.7 Å². The molecule has 0 amide bonds. The molecule has 2 aromatic carbocycles. The van der Waals surface area contributed by atoms with Gasteiger partial charge >= 0.3 is 0 Å². The zero-order chi connectivity index (χ0) is 16.9. The third-order valence-corrected chi connectivity index (χ3v) is 5.04. The summed E-state index contributed by atoms with van der Waals surface area (Å²) >= 11 is 1.53. The van der Waals surface area contributed by atoms with Crippen LogP contribution in [0, 0.1) is 6.92 Å². The number of nitrogens with zero attached hydrogens (tertiary/aromatic N) is 2. The number of aromatic nitrogens is 2. The molecular weight excluding hydrogens is 396 g/mol. The number of carbonyl (C=O) groups excluding carboxylic acids is 1. The van der Waals surface area contributed by atoms with Crippen molar-refractivity contribution >= 4 is 45.6 Å². The van der Waals surface area contributed by atoms with E-state index < -0.39 is 0 Å². The Balaban J connectivity index is 0.00000225. The zero-order valence-corrected chi connectivity index (χ0v) is 17.1. The maximum atomic E-state index is 12.4. The standard InChI is InChI=1S/C20H22N2OS.BrH/c1-3-4-13-22-18-8-6-5-7-17(18)21-20(22)24-14-19(23)16-11-9-15(2)10-12-16;/h5-12H,3-4,13-14H2,1-2H3;1H. The number of aryl methyl sites for hydroxylation is 2. The van der Waals surface area contributed by atoms with Crippen LogP contribution in [0.2, 0.25) is 0 Å². The van der Waals surface area contributed by atoms with E-state index in [1.54, 1.807) is 0 Å². The molecular formula is C20H23BrN2OS. The van der Waals surface area contributed by atoms with Gasteiger partial charge in [-0.3, -0.25) is 4.79 Å². The molecule has 0 radical (unpaired) electrons. The van der Waals surface area contributed by atoms with E-state index in [9.17, 15) is 4.79 Å². The quantitative estimate of drug-likeness (QED) is 0.364. The molecule has 0 saturated carbocycles. The van der Waals surface area contributed by atoms with Crippen molar-refractivity contribution in [2.45, 2.75) is 38.4 Å². The number of unbranched alkanes of at least 4 members (excludes halogenated alkanes) is 1. The maximum absolute atomic E-state index is 12.4. The summed E-state index contributed by atoms with van der Waals surface area (Å²) in [6.07, 6.45) is 2.25. The molecule has 3 rings (SSSR count). The van der Waals surface area contributed by atoms with E-state index >= 15 is 0 Å². The number of hydrogen-bond acceptors (Lipinski definition) is 3. The monoisotopic (exact) mass is 418 g/mol. The topological polar surface area (TPSA) is 34.9 Å². The minimum absolute atomic E-state index is 0. The lowest BCUT2D eigenvalue weighted by molar-refractivity contribution is 0.102. The van der Waals surface area contributed by atoms with E-state index in [2.05, 4.69) is 17.6 Å². The molecule has 0 unspecified atom stereocenters. The lowest BCUT2D eigenvalue weighted by atomic mass is 10.1. The number of hydrogen-bond donors (Lipinski definition) is 0. The van der Waals surface area contributed by atoms with Gasteiger partial charge in [0.2, 0.25) is 0 Å². The molecule has 1 heterocycles. The Morgan fingerprint density at radius 2 is 1.84 bits per heavy atom. The summed E-state index contributed by atoms with van der Waals surface area (Å²) in [5, 5.41) is 0.935. The van der Waals surface area contributed by atoms with Gasteiger partial charge in [-0.25, -0.2) is 4.98 Å². The average Bonchev–Trinajstić information content (AvgIpc) is 2.96. The summed E-state index contributed by atoms with van der Waals surface area (Å²) < 4.78 is 2.24. The zero-order valence-electron chi connectivity index (χ0n) is 14.6. The van der Waals surface area contributed by atoms with Gasteiger partial charge in [-0.1, -0.05) is 67.1 Å². The summed E-state index contributed by atoms with van der Waals surface area (Å²) in [5.41, 5.74) is 4.08. The molecule has 0 N–H and O–H groups in total. The average molecular weight is 419 g/mol. The van der Waals surface area contributed by atoms with E-state index in [1.807, 2.05) is 49.4 Å². The Bertz CT molecular complexity index is 843. The molecule has 0 fully saturated rings. The highest BCUT2D eigenvalue weighted by Gasteiger charge is 2.13. The van der Waals surface area contributed by atoms with Crippen LogP contribution >= 0.6 is 28.7 Å². The third-order valence-electron chi connectivity index (χ3n) is 4.06. The highest BCUT2D eigenvalue weighted by atomic mass is 79.9. The fraction of sp³-hybridized carbons (Fsp3) is 0.300. The first kappa shape index (κ1) is 19.7. The Kier molecular flexibility index (Phi) is 7.26. The number of para-hydroxylation sites is 2. The maximum Gasteiger partial charge on any atom is 0.173 e. The van der Waals surface area contributed by atoms with Crippen LogP contribution < -0.4 is 0 Å². The second-order valence-electron chi connectivity index (χ2n) is 5.97. The molecule has 25 heavy (non-hydrogen) atoms. The van der Waals surface area contributed by atoms with Gasteiger partial charge < -0.3 is 4.57 Å². The molecule has 0 saturated heterocycles. The molecule has 132 valence electrons. The first-order valence-corrected chi connectivity index (χ1v) is 9.35. The number of ketones is 1. The van der Waals surface area contributed by atoms with Crippen LogP contribution in [-0.4, -0.2) is 21.1 Å². The lowest BCUT2D eigenvalue weighted by Crippen LogP contribution is -2.05. The van der Waals surface area contributed by atoms with Gasteiger partial charge in [0.25, 0.3) is 0 Å². The Labute approximate surface area is 163 Å². The fourth-order valence-electron chi connectivity index (χ4n) is 2.65. The lowest BCUT2D eigenvalue weighted by Gasteiger charge is -2.08. The Morgan fingerprint density at radius 1 is 1.12 bits per heavy atom. The number of fused-ring (bicyclic) bond motifs is 1. The van der Waals surface area contributed by atoms with Gasteiger partial charge in [0.15, 0.2) is 10.9 Å². The van der Waals surface area contributed by atoms with Crippen molar-refractivity contribution in [3.05, 3.63) is 59.7 Å². The van der Waals surface area contributed by atoms with Crippen LogP contribution in [0.4, 0.5) is 0 Å². The van der Waals surface area contributed by atoms with E-state index in [4.69, 9.17) is 4.98 Å². The molecule has 0 spiro atoms. The minimum Gasteiger partial charge on any atom is -0.319 e. The largest absolute Gasteiger partial charge is 0.319 e. The second kappa shape index (κ2) is 9.20. The summed E-state index contributed by atoms with van der Waals surface area (Å²) in [7, 11) is 0. The van der Waals surface area contributed by atoms with Crippen LogP contribution in [0.3, 0.4) is 0 Å². The summed E-state index contributed by atoms with van der Waals surface area (Å²) in [6.45, 7) is 5.16. The van der Waals surface area contributed by atoms with Crippen molar-refractivity contribution in [2.75, 3.05) is 5.75 Å². The molecule has 5 heteroatoms. The molecule has 3 nitrogen and oxygen atoms in total. The fourth-order valence-corrected chi connectivity index (χ4v) is 3.58. The third kappa shape index (κ3) is 4.73. The molecule has 0 aliphatic heterocycles. The molecule has 0 aliphatic carbocycles.